The van der Waals surface area contributed by atoms with Gasteiger partial charge in [-0.2, -0.15) is 149 Å². The van der Waals surface area contributed by atoms with Gasteiger partial charge in [0.1, 0.15) is 0 Å². The molecule has 0 aromatic heterocycles. The van der Waals surface area contributed by atoms with Crippen LogP contribution in [0.25, 0.3) is 0 Å². The van der Waals surface area contributed by atoms with E-state index in [0.717, 1.165) is 0 Å². The topological polar surface area (TPSA) is 80.3 Å². The fourth-order valence-corrected chi connectivity index (χ4v) is 5.81. The summed E-state index contributed by atoms with van der Waals surface area (Å²) >= 11 is 0. The number of halogens is 34. The van der Waals surface area contributed by atoms with Crippen LogP contribution in [0.5, 0.6) is 0 Å². The first-order valence-corrected chi connectivity index (χ1v) is 14.4. The third kappa shape index (κ3) is 6.52. The Morgan fingerprint density at radius 3 is 0.474 bits per heavy atom. The number of rotatable bonds is 16. The van der Waals surface area contributed by atoms with E-state index in [2.05, 4.69) is 0 Å². The zero-order valence-corrected chi connectivity index (χ0v) is 25.4. The molecule has 0 aromatic carbocycles. The summed E-state index contributed by atoms with van der Waals surface area (Å²) in [6.07, 6.45) is -16.7. The number of alkyl halides is 34. The molecule has 344 valence electrons. The van der Waals surface area contributed by atoms with Gasteiger partial charge >= 0.3 is 93.9 Å². The molecule has 0 radical (unpaired) electrons. The van der Waals surface area contributed by atoms with E-state index in [4.69, 9.17) is 0 Å². The summed E-state index contributed by atoms with van der Waals surface area (Å²) in [5.41, 5.74) is 0. The highest BCUT2D eigenvalue weighted by atomic mass is 32.3. The van der Waals surface area contributed by atoms with E-state index in [1.807, 2.05) is 0 Å². The van der Waals surface area contributed by atoms with Gasteiger partial charge in [-0.05, 0) is 0 Å². The van der Waals surface area contributed by atoms with Crippen LogP contribution in [-0.2, 0) is 20.0 Å². The number of nitrogens with one attached hydrogen (secondary N) is 1. The molecule has 0 atom stereocenters. The molecule has 41 heteroatoms. The van der Waals surface area contributed by atoms with E-state index in [-0.39, 0.29) is 0 Å². The zero-order valence-electron chi connectivity index (χ0n) is 23.8. The number of sulfonamides is 2. The Labute approximate surface area is 285 Å². The summed E-state index contributed by atoms with van der Waals surface area (Å²) in [7, 11) is -19.8. The van der Waals surface area contributed by atoms with Crippen LogP contribution in [-0.4, -0.2) is 111 Å². The maximum Gasteiger partial charge on any atom is 0.460 e. The van der Waals surface area contributed by atoms with Gasteiger partial charge in [-0.1, -0.05) is 4.13 Å². The Bertz CT molecular complexity index is 1610. The standard InChI is InChI=1S/C16HF34NO4S2/c17-1(18,5(25,26)9(33,34)13(41,42)43)3(21,22)7(29,30)11(37,38)15(47,48)56(52,53)51-57(54,55)16(49,50)12(39,40)8(31,32)4(23,24)2(19,20)6(27,28)10(35,36)14(44,45)46/h51H. The first kappa shape index (κ1) is 54.5. The summed E-state index contributed by atoms with van der Waals surface area (Å²) in [6, 6.07) is 0. The number of hydrogen-bond donors (Lipinski definition) is 1. The molecular formula is C16HF34NO4S2. The van der Waals surface area contributed by atoms with Gasteiger partial charge in [-0.3, -0.25) is 0 Å². The van der Waals surface area contributed by atoms with Crippen molar-refractivity contribution in [3.05, 3.63) is 0 Å². The van der Waals surface area contributed by atoms with E-state index in [1.54, 1.807) is 0 Å². The Kier molecular flexibility index (Phi) is 12.4. The molecule has 0 spiro atoms. The van der Waals surface area contributed by atoms with Crippen LogP contribution in [0.3, 0.4) is 0 Å². The van der Waals surface area contributed by atoms with Gasteiger partial charge in [0, 0.05) is 0 Å². The van der Waals surface area contributed by atoms with Crippen molar-refractivity contribution in [2.45, 2.75) is 93.9 Å². The molecule has 0 aromatic rings. The lowest BCUT2D eigenvalue weighted by Crippen LogP contribution is -2.76. The summed E-state index contributed by atoms with van der Waals surface area (Å²) in [5, 5.41) is -18.8. The summed E-state index contributed by atoms with van der Waals surface area (Å²) in [6.45, 7) is 0. The highest BCUT2D eigenvalue weighted by molar-refractivity contribution is 8.05. The van der Waals surface area contributed by atoms with E-state index in [1.165, 1.54) is 0 Å². The van der Waals surface area contributed by atoms with E-state index in [9.17, 15) is 166 Å². The smallest absolute Gasteiger partial charge is 0.205 e. The van der Waals surface area contributed by atoms with Crippen molar-refractivity contribution in [1.82, 2.24) is 4.13 Å². The van der Waals surface area contributed by atoms with Crippen LogP contribution >= 0.6 is 0 Å². The molecule has 0 rings (SSSR count). The van der Waals surface area contributed by atoms with Crippen LogP contribution in [0.2, 0.25) is 0 Å². The highest BCUT2D eigenvalue weighted by Crippen LogP contribution is 2.66. The minimum Gasteiger partial charge on any atom is -0.205 e. The molecule has 0 saturated carbocycles. The van der Waals surface area contributed by atoms with Gasteiger partial charge in [-0.15, -0.1) is 0 Å². The lowest BCUT2D eigenvalue weighted by atomic mass is 9.91. The molecule has 5 nitrogen and oxygen atoms in total. The van der Waals surface area contributed by atoms with Crippen LogP contribution in [0.4, 0.5) is 149 Å². The predicted molar refractivity (Wildman–Crippen MR) is 102 cm³/mol. The SMILES string of the molecule is O=S(=O)(NS(=O)(=O)C(F)(F)C(F)(F)C(F)(F)C(F)(F)C(F)(F)C(F)(F)C(F)(F)C(F)(F)F)C(F)(F)C(F)(F)C(F)(F)C(F)(F)C(F)(F)C(F)(F)C(F)(F)C(F)(F)F. The Morgan fingerprint density at radius 1 is 0.211 bits per heavy atom. The normalized spacial score (nSPS) is 17.3. The summed E-state index contributed by atoms with van der Waals surface area (Å²) < 4.78 is 494. The van der Waals surface area contributed by atoms with Crippen LogP contribution in [0.15, 0.2) is 0 Å². The molecule has 0 unspecified atom stereocenters. The molecule has 0 aliphatic carbocycles. The lowest BCUT2D eigenvalue weighted by molar-refractivity contribution is -0.458. The molecule has 0 fully saturated rings. The molecule has 1 N–H and O–H groups in total. The molecular weight excluding hydrogens is 980 g/mol. The minimum absolute atomic E-state index is 2.38. The van der Waals surface area contributed by atoms with Gasteiger partial charge in [0.15, 0.2) is 0 Å². The monoisotopic (exact) mass is 981 g/mol. The third-order valence-electron chi connectivity index (χ3n) is 6.28. The van der Waals surface area contributed by atoms with Gasteiger partial charge in [-0.25, -0.2) is 16.8 Å². The zero-order chi connectivity index (χ0) is 47.7. The average molecular weight is 981 g/mol. The average Bonchev–Trinajstić information content (AvgIpc) is 2.93. The molecule has 0 saturated heterocycles. The van der Waals surface area contributed by atoms with E-state index in [0.29, 0.717) is 0 Å². The fraction of sp³-hybridized carbons (Fsp3) is 1.00. The molecule has 0 heterocycles. The Morgan fingerprint density at radius 2 is 0.333 bits per heavy atom. The van der Waals surface area contributed by atoms with Gasteiger partial charge in [0.25, 0.3) is 20.0 Å². The van der Waals surface area contributed by atoms with E-state index >= 15 is 0 Å². The van der Waals surface area contributed by atoms with Crippen molar-refractivity contribution >= 4 is 20.0 Å². The fourth-order valence-electron chi connectivity index (χ4n) is 2.89. The van der Waals surface area contributed by atoms with Crippen molar-refractivity contribution in [1.29, 1.82) is 0 Å². The third-order valence-corrected chi connectivity index (χ3v) is 9.90. The number of hydrogen-bond acceptors (Lipinski definition) is 4. The molecule has 0 aliphatic rings. The van der Waals surface area contributed by atoms with Crippen molar-refractivity contribution in [2.75, 3.05) is 0 Å². The largest absolute Gasteiger partial charge is 0.460 e. The molecule has 0 bridgehead atoms. The molecule has 0 amide bonds. The van der Waals surface area contributed by atoms with Crippen molar-refractivity contribution in [2.24, 2.45) is 0 Å². The van der Waals surface area contributed by atoms with Gasteiger partial charge in [0.05, 0.1) is 0 Å². The quantitative estimate of drug-likeness (QED) is 0.157. The van der Waals surface area contributed by atoms with Crippen molar-refractivity contribution in [3.63, 3.8) is 0 Å². The van der Waals surface area contributed by atoms with Crippen molar-refractivity contribution in [3.8, 4) is 0 Å². The summed E-state index contributed by atoms with van der Waals surface area (Å²) in [4.78, 5) is 0. The van der Waals surface area contributed by atoms with Crippen LogP contribution in [0, 0.1) is 0 Å². The van der Waals surface area contributed by atoms with E-state index < -0.39 is 118 Å². The van der Waals surface area contributed by atoms with Crippen LogP contribution < -0.4 is 4.13 Å². The highest BCUT2D eigenvalue weighted by Gasteiger charge is 2.98. The Balaban J connectivity index is 7.59. The summed E-state index contributed by atoms with van der Waals surface area (Å²) in [5.74, 6) is -114. The second kappa shape index (κ2) is 13.0. The lowest BCUT2D eigenvalue weighted by Gasteiger charge is -2.43. The first-order valence-electron chi connectivity index (χ1n) is 11.4. The van der Waals surface area contributed by atoms with Gasteiger partial charge < -0.3 is 0 Å². The Hall–Kier alpha value is -2.52. The maximum atomic E-state index is 14.0. The molecule has 57 heavy (non-hydrogen) atoms. The van der Waals surface area contributed by atoms with Gasteiger partial charge in [0.2, 0.25) is 0 Å². The second-order valence-corrected chi connectivity index (χ2v) is 13.7. The maximum absolute atomic E-state index is 14.0. The molecule has 0 aliphatic heterocycles. The minimum atomic E-state index is -9.90. The van der Waals surface area contributed by atoms with Crippen LogP contribution in [0.1, 0.15) is 0 Å². The second-order valence-electron chi connectivity index (χ2n) is 10.0. The van der Waals surface area contributed by atoms with Crippen molar-refractivity contribution < 1.29 is 166 Å². The predicted octanol–water partition coefficient (Wildman–Crippen LogP) is 9.17. The first-order chi connectivity index (χ1) is 23.7.